The van der Waals surface area contributed by atoms with E-state index in [-0.39, 0.29) is 6.61 Å². The van der Waals surface area contributed by atoms with E-state index in [2.05, 4.69) is 35.1 Å². The Hall–Kier alpha value is -1.73. The maximum Gasteiger partial charge on any atom is 0.0648 e. The molecule has 1 saturated heterocycles. The Kier molecular flexibility index (Phi) is 6.65. The number of benzene rings is 1. The third kappa shape index (κ3) is 4.58. The van der Waals surface area contributed by atoms with Crippen LogP contribution in [0.25, 0.3) is 5.69 Å². The summed E-state index contributed by atoms with van der Waals surface area (Å²) in [5, 5.41) is 24.9. The molecule has 0 amide bonds. The molecule has 2 N–H and O–H groups in total. The van der Waals surface area contributed by atoms with Gasteiger partial charge in [-0.2, -0.15) is 5.10 Å². The van der Waals surface area contributed by atoms with Crippen LogP contribution in [-0.2, 0) is 11.3 Å². The Bertz CT molecular complexity index is 719. The van der Waals surface area contributed by atoms with Crippen LogP contribution in [0.5, 0.6) is 0 Å². The molecule has 148 valence electrons. The molecule has 2 aromatic rings. The van der Waals surface area contributed by atoms with Gasteiger partial charge in [0.15, 0.2) is 0 Å². The highest BCUT2D eigenvalue weighted by Gasteiger charge is 2.41. The minimum atomic E-state index is -0.459. The number of ether oxygens (including phenoxy) is 1. The van der Waals surface area contributed by atoms with Crippen LogP contribution in [0.2, 0.25) is 0 Å². The Balaban J connectivity index is 1.69. The van der Waals surface area contributed by atoms with E-state index in [0.717, 1.165) is 31.6 Å². The first-order valence-electron chi connectivity index (χ1n) is 9.68. The lowest BCUT2D eigenvalue weighted by molar-refractivity contribution is -0.0843. The summed E-state index contributed by atoms with van der Waals surface area (Å²) in [5.41, 5.74) is 3.09. The van der Waals surface area contributed by atoms with Gasteiger partial charge in [0.25, 0.3) is 0 Å². The summed E-state index contributed by atoms with van der Waals surface area (Å²) in [5.74, 6) is 0. The van der Waals surface area contributed by atoms with Crippen LogP contribution in [0.3, 0.4) is 0 Å². The summed E-state index contributed by atoms with van der Waals surface area (Å²) < 4.78 is 7.02. The van der Waals surface area contributed by atoms with Gasteiger partial charge in [-0.1, -0.05) is 6.07 Å². The van der Waals surface area contributed by atoms with Crippen LogP contribution in [0.4, 0.5) is 0 Å². The molecule has 27 heavy (non-hydrogen) atoms. The van der Waals surface area contributed by atoms with Crippen LogP contribution in [-0.4, -0.2) is 64.4 Å². The minimum absolute atomic E-state index is 0.00556. The second kappa shape index (κ2) is 8.97. The first-order chi connectivity index (χ1) is 13.1. The van der Waals surface area contributed by atoms with Gasteiger partial charge in [-0.25, -0.2) is 4.68 Å². The molecule has 1 fully saturated rings. The average molecular weight is 373 g/mol. The van der Waals surface area contributed by atoms with Crippen molar-refractivity contribution >= 4 is 0 Å². The summed E-state index contributed by atoms with van der Waals surface area (Å²) in [6.45, 7) is 5.15. The normalized spacial score (nSPS) is 23.6. The van der Waals surface area contributed by atoms with Crippen LogP contribution in [0, 0.1) is 12.3 Å². The molecule has 6 nitrogen and oxygen atoms in total. The number of methoxy groups -OCH3 is 1. The highest BCUT2D eigenvalue weighted by atomic mass is 16.5. The number of aliphatic hydroxyl groups excluding tert-OH is 2. The molecule has 0 saturated carbocycles. The summed E-state index contributed by atoms with van der Waals surface area (Å²) in [7, 11) is 1.69. The lowest BCUT2D eigenvalue weighted by Gasteiger charge is -2.45. The van der Waals surface area contributed by atoms with Crippen molar-refractivity contribution in [1.29, 1.82) is 0 Å². The van der Waals surface area contributed by atoms with E-state index in [1.807, 2.05) is 16.9 Å². The molecule has 0 unspecified atom stereocenters. The number of aromatic nitrogens is 2. The third-order valence-electron chi connectivity index (χ3n) is 5.79. The quantitative estimate of drug-likeness (QED) is 0.694. The molecule has 6 heteroatoms. The molecule has 0 bridgehead atoms. The Morgan fingerprint density at radius 1 is 1.37 bits per heavy atom. The monoisotopic (exact) mass is 373 g/mol. The Morgan fingerprint density at radius 3 is 2.89 bits per heavy atom. The number of hydrogen-bond donors (Lipinski definition) is 2. The van der Waals surface area contributed by atoms with E-state index in [9.17, 15) is 10.2 Å². The van der Waals surface area contributed by atoms with Crippen molar-refractivity contribution in [3.05, 3.63) is 47.8 Å². The van der Waals surface area contributed by atoms with Gasteiger partial charge >= 0.3 is 0 Å². The van der Waals surface area contributed by atoms with E-state index < -0.39 is 11.5 Å². The molecule has 1 aromatic carbocycles. The zero-order chi connectivity index (χ0) is 19.3. The number of hydrogen-bond acceptors (Lipinski definition) is 5. The molecule has 2 heterocycles. The summed E-state index contributed by atoms with van der Waals surface area (Å²) in [6, 6.07) is 8.31. The number of nitrogens with zero attached hydrogens (tertiary/aromatic N) is 3. The molecular weight excluding hydrogens is 342 g/mol. The second-order valence-electron chi connectivity index (χ2n) is 7.69. The summed E-state index contributed by atoms with van der Waals surface area (Å²) >= 11 is 0. The zero-order valence-corrected chi connectivity index (χ0v) is 16.3. The van der Waals surface area contributed by atoms with Gasteiger partial charge in [0, 0.05) is 51.2 Å². The van der Waals surface area contributed by atoms with Gasteiger partial charge in [0.2, 0.25) is 0 Å². The van der Waals surface area contributed by atoms with Gasteiger partial charge in [-0.15, -0.1) is 0 Å². The van der Waals surface area contributed by atoms with Crippen LogP contribution in [0.15, 0.2) is 36.7 Å². The summed E-state index contributed by atoms with van der Waals surface area (Å²) in [4.78, 5) is 2.35. The van der Waals surface area contributed by atoms with Gasteiger partial charge < -0.3 is 14.9 Å². The number of rotatable bonds is 8. The highest BCUT2D eigenvalue weighted by molar-refractivity contribution is 5.39. The van der Waals surface area contributed by atoms with E-state index in [1.54, 1.807) is 13.3 Å². The molecule has 2 atom stereocenters. The van der Waals surface area contributed by atoms with Crippen molar-refractivity contribution in [3.63, 3.8) is 0 Å². The fraction of sp³-hybridized carbons (Fsp3) is 0.571. The molecule has 0 radical (unpaired) electrons. The molecule has 1 aromatic heterocycles. The number of aliphatic hydroxyl groups is 2. The molecule has 1 aliphatic heterocycles. The van der Waals surface area contributed by atoms with Crippen molar-refractivity contribution in [1.82, 2.24) is 14.7 Å². The molecule has 3 rings (SSSR count). The van der Waals surface area contributed by atoms with E-state index in [4.69, 9.17) is 4.74 Å². The Morgan fingerprint density at radius 2 is 2.22 bits per heavy atom. The predicted molar refractivity (Wildman–Crippen MR) is 105 cm³/mol. The maximum atomic E-state index is 10.6. The van der Waals surface area contributed by atoms with Crippen molar-refractivity contribution in [3.8, 4) is 5.69 Å². The molecular formula is C21H31N3O3. The maximum absolute atomic E-state index is 10.6. The zero-order valence-electron chi connectivity index (χ0n) is 16.3. The fourth-order valence-corrected chi connectivity index (χ4v) is 4.09. The third-order valence-corrected chi connectivity index (χ3v) is 5.79. The number of piperidine rings is 1. The van der Waals surface area contributed by atoms with E-state index in [1.165, 1.54) is 11.1 Å². The SMILES string of the molecule is COCCC[C@@]1(CO)CN(Cc2ccc(-n3cccn3)cc2C)CC[C@H]1O. The second-order valence-corrected chi connectivity index (χ2v) is 7.69. The van der Waals surface area contributed by atoms with Crippen LogP contribution in [0.1, 0.15) is 30.4 Å². The van der Waals surface area contributed by atoms with Crippen molar-refractivity contribution in [2.75, 3.05) is 33.4 Å². The van der Waals surface area contributed by atoms with Crippen LogP contribution < -0.4 is 0 Å². The highest BCUT2D eigenvalue weighted by Crippen LogP contribution is 2.35. The molecule has 0 spiro atoms. The number of aryl methyl sites for hydroxylation is 1. The van der Waals surface area contributed by atoms with Crippen LogP contribution >= 0.6 is 0 Å². The van der Waals surface area contributed by atoms with E-state index in [0.29, 0.717) is 19.6 Å². The standard InChI is InChI=1S/C21H31N3O3/c1-17-13-19(24-10-4-9-22-24)6-5-18(17)14-23-11-7-20(26)21(15-23,16-25)8-3-12-27-2/h4-6,9-10,13,20,25-26H,3,7-8,11-12,14-16H2,1-2H3/t20-,21+/m1/s1. The summed E-state index contributed by atoms with van der Waals surface area (Å²) in [6.07, 6.45) is 5.57. The lowest BCUT2D eigenvalue weighted by Crippen LogP contribution is -2.53. The molecule has 1 aliphatic rings. The van der Waals surface area contributed by atoms with Gasteiger partial charge in [0.1, 0.15) is 0 Å². The van der Waals surface area contributed by atoms with Crippen molar-refractivity contribution in [2.24, 2.45) is 5.41 Å². The predicted octanol–water partition coefficient (Wildman–Crippen LogP) is 2.15. The average Bonchev–Trinajstić information content (AvgIpc) is 3.21. The first kappa shape index (κ1) is 20.0. The lowest BCUT2D eigenvalue weighted by atomic mass is 9.74. The molecule has 0 aliphatic carbocycles. The minimum Gasteiger partial charge on any atom is -0.396 e. The van der Waals surface area contributed by atoms with Gasteiger partial charge in [-0.3, -0.25) is 4.90 Å². The Labute approximate surface area is 161 Å². The topological polar surface area (TPSA) is 70.8 Å². The fourth-order valence-electron chi connectivity index (χ4n) is 4.09. The smallest absolute Gasteiger partial charge is 0.0648 e. The largest absolute Gasteiger partial charge is 0.396 e. The van der Waals surface area contributed by atoms with Crippen molar-refractivity contribution < 1.29 is 14.9 Å². The van der Waals surface area contributed by atoms with E-state index >= 15 is 0 Å². The number of likely N-dealkylation sites (tertiary alicyclic amines) is 1. The van der Waals surface area contributed by atoms with Gasteiger partial charge in [0.05, 0.1) is 18.4 Å². The first-order valence-corrected chi connectivity index (χ1v) is 9.68. The van der Waals surface area contributed by atoms with Crippen molar-refractivity contribution in [2.45, 2.75) is 38.8 Å². The van der Waals surface area contributed by atoms with Gasteiger partial charge in [-0.05, 0) is 55.5 Å².